The van der Waals surface area contributed by atoms with Gasteiger partial charge in [0.15, 0.2) is 0 Å². The molecule has 0 bridgehead atoms. The van der Waals surface area contributed by atoms with E-state index in [1.807, 2.05) is 12.1 Å². The Kier molecular flexibility index (Phi) is 3.35. The molecule has 0 unspecified atom stereocenters. The molecule has 0 aliphatic carbocycles. The molecule has 1 aromatic carbocycles. The third-order valence-electron chi connectivity index (χ3n) is 2.01. The van der Waals surface area contributed by atoms with Crippen molar-refractivity contribution in [3.63, 3.8) is 0 Å². The Bertz CT molecular complexity index is 545. The van der Waals surface area contributed by atoms with Crippen LogP contribution in [0.4, 0.5) is 0 Å². The van der Waals surface area contributed by atoms with Gasteiger partial charge in [-0.15, -0.1) is 0 Å². The molecular weight excluding hydrogens is 340 g/mol. The van der Waals surface area contributed by atoms with Crippen LogP contribution in [0.25, 0.3) is 11.0 Å². The van der Waals surface area contributed by atoms with Gasteiger partial charge in [-0.25, -0.2) is 4.79 Å². The first-order valence-corrected chi connectivity index (χ1v) is 6.26. The summed E-state index contributed by atoms with van der Waals surface area (Å²) in [6.07, 6.45) is 0. The number of carbonyl (C=O) groups excluding carboxylic acids is 1. The van der Waals surface area contributed by atoms with E-state index in [4.69, 9.17) is 9.15 Å². The standard InChI is InChI=1S/C11H8Br2O3/c1-2-15-11(14)9-4-6-3-7(12)5-8(13)10(6)16-9/h3-5H,2H2,1H3. The van der Waals surface area contributed by atoms with Gasteiger partial charge in [0.05, 0.1) is 11.1 Å². The molecule has 84 valence electrons. The minimum atomic E-state index is -0.443. The van der Waals surface area contributed by atoms with Gasteiger partial charge in [0.1, 0.15) is 5.58 Å². The lowest BCUT2D eigenvalue weighted by atomic mass is 10.2. The van der Waals surface area contributed by atoms with Crippen molar-refractivity contribution in [3.05, 3.63) is 32.9 Å². The molecule has 0 radical (unpaired) electrons. The molecule has 2 rings (SSSR count). The van der Waals surface area contributed by atoms with E-state index in [0.717, 1.165) is 14.3 Å². The summed E-state index contributed by atoms with van der Waals surface area (Å²) < 4.78 is 12.0. The van der Waals surface area contributed by atoms with Crippen LogP contribution in [0.15, 0.2) is 31.6 Å². The number of hydrogen-bond donors (Lipinski definition) is 0. The second-order valence-corrected chi connectivity index (χ2v) is 4.91. The largest absolute Gasteiger partial charge is 0.460 e. The van der Waals surface area contributed by atoms with E-state index >= 15 is 0 Å². The molecule has 3 nitrogen and oxygen atoms in total. The normalized spacial score (nSPS) is 10.7. The molecule has 0 aliphatic heterocycles. The summed E-state index contributed by atoms with van der Waals surface area (Å²) in [5.41, 5.74) is 0.645. The van der Waals surface area contributed by atoms with Crippen LogP contribution in [0.3, 0.4) is 0 Å². The number of benzene rings is 1. The molecule has 0 N–H and O–H groups in total. The van der Waals surface area contributed by atoms with E-state index in [0.29, 0.717) is 12.2 Å². The van der Waals surface area contributed by atoms with E-state index in [1.165, 1.54) is 0 Å². The highest BCUT2D eigenvalue weighted by Crippen LogP contribution is 2.31. The van der Waals surface area contributed by atoms with E-state index in [2.05, 4.69) is 31.9 Å². The lowest BCUT2D eigenvalue weighted by molar-refractivity contribution is 0.0492. The van der Waals surface area contributed by atoms with Crippen LogP contribution in [-0.2, 0) is 4.74 Å². The maximum Gasteiger partial charge on any atom is 0.374 e. The second-order valence-electron chi connectivity index (χ2n) is 3.14. The number of rotatable bonds is 2. The molecule has 1 heterocycles. The monoisotopic (exact) mass is 346 g/mol. The summed E-state index contributed by atoms with van der Waals surface area (Å²) in [5, 5.41) is 0.851. The van der Waals surface area contributed by atoms with Crippen molar-refractivity contribution in [2.75, 3.05) is 6.61 Å². The third kappa shape index (κ3) is 2.15. The van der Waals surface area contributed by atoms with Gasteiger partial charge in [0.25, 0.3) is 0 Å². The molecule has 0 aliphatic rings. The number of esters is 1. The van der Waals surface area contributed by atoms with Crippen LogP contribution < -0.4 is 0 Å². The molecule has 0 saturated heterocycles. The molecule has 16 heavy (non-hydrogen) atoms. The van der Waals surface area contributed by atoms with Crippen molar-refractivity contribution in [2.45, 2.75) is 6.92 Å². The molecule has 0 amide bonds. The Balaban J connectivity index is 2.51. The maximum absolute atomic E-state index is 11.5. The van der Waals surface area contributed by atoms with Crippen LogP contribution in [0, 0.1) is 0 Å². The first-order valence-electron chi connectivity index (χ1n) is 4.67. The molecule has 0 fully saturated rings. The fourth-order valence-corrected chi connectivity index (χ4v) is 2.72. The molecule has 1 aromatic heterocycles. The van der Waals surface area contributed by atoms with Crippen LogP contribution in [0.5, 0.6) is 0 Å². The minimum absolute atomic E-state index is 0.218. The van der Waals surface area contributed by atoms with Crippen molar-refractivity contribution >= 4 is 48.8 Å². The lowest BCUT2D eigenvalue weighted by Crippen LogP contribution is -2.02. The summed E-state index contributed by atoms with van der Waals surface area (Å²) >= 11 is 6.75. The summed E-state index contributed by atoms with van der Waals surface area (Å²) in [5.74, 6) is -0.225. The van der Waals surface area contributed by atoms with Gasteiger partial charge >= 0.3 is 5.97 Å². The average molecular weight is 348 g/mol. The van der Waals surface area contributed by atoms with Crippen molar-refractivity contribution in [3.8, 4) is 0 Å². The first-order chi connectivity index (χ1) is 7.61. The Hall–Kier alpha value is -0.810. The minimum Gasteiger partial charge on any atom is -0.460 e. The summed E-state index contributed by atoms with van der Waals surface area (Å²) in [6, 6.07) is 5.41. The number of carbonyl (C=O) groups is 1. The molecular formula is C11H8Br2O3. The maximum atomic E-state index is 11.5. The van der Waals surface area contributed by atoms with Gasteiger partial charge in [0.2, 0.25) is 5.76 Å². The second kappa shape index (κ2) is 4.59. The highest BCUT2D eigenvalue weighted by molar-refractivity contribution is 9.11. The zero-order valence-corrected chi connectivity index (χ0v) is 11.6. The van der Waals surface area contributed by atoms with Crippen LogP contribution >= 0.6 is 31.9 Å². The van der Waals surface area contributed by atoms with E-state index in [1.54, 1.807) is 13.0 Å². The summed E-state index contributed by atoms with van der Waals surface area (Å²) in [6.45, 7) is 2.09. The Morgan fingerprint density at radius 2 is 2.12 bits per heavy atom. The highest BCUT2D eigenvalue weighted by Gasteiger charge is 2.15. The van der Waals surface area contributed by atoms with Gasteiger partial charge in [-0.1, -0.05) is 15.9 Å². The van der Waals surface area contributed by atoms with Crippen molar-refractivity contribution in [2.24, 2.45) is 0 Å². The predicted octanol–water partition coefficient (Wildman–Crippen LogP) is 4.13. The van der Waals surface area contributed by atoms with E-state index < -0.39 is 5.97 Å². The van der Waals surface area contributed by atoms with Crippen LogP contribution in [0.1, 0.15) is 17.5 Å². The Labute approximate surface area is 109 Å². The van der Waals surface area contributed by atoms with Gasteiger partial charge in [0, 0.05) is 9.86 Å². The van der Waals surface area contributed by atoms with E-state index in [9.17, 15) is 4.79 Å². The highest BCUT2D eigenvalue weighted by atomic mass is 79.9. The summed E-state index contributed by atoms with van der Waals surface area (Å²) in [4.78, 5) is 11.5. The smallest absolute Gasteiger partial charge is 0.374 e. The van der Waals surface area contributed by atoms with Crippen LogP contribution in [-0.4, -0.2) is 12.6 Å². The quantitative estimate of drug-likeness (QED) is 0.766. The molecule has 5 heteroatoms. The topological polar surface area (TPSA) is 39.4 Å². The average Bonchev–Trinajstić information content (AvgIpc) is 2.62. The number of hydrogen-bond acceptors (Lipinski definition) is 3. The van der Waals surface area contributed by atoms with Crippen molar-refractivity contribution in [1.29, 1.82) is 0 Å². The van der Waals surface area contributed by atoms with Gasteiger partial charge in [-0.3, -0.25) is 0 Å². The SMILES string of the molecule is CCOC(=O)c1cc2cc(Br)cc(Br)c2o1. The zero-order valence-electron chi connectivity index (χ0n) is 8.42. The number of ether oxygens (including phenoxy) is 1. The Morgan fingerprint density at radius 1 is 1.38 bits per heavy atom. The lowest BCUT2D eigenvalue weighted by Gasteiger charge is -1.96. The summed E-state index contributed by atoms with van der Waals surface area (Å²) in [7, 11) is 0. The first kappa shape index (κ1) is 11.7. The van der Waals surface area contributed by atoms with Crippen LogP contribution in [0.2, 0.25) is 0 Å². The molecule has 0 atom stereocenters. The fourth-order valence-electron chi connectivity index (χ4n) is 1.38. The number of halogens is 2. The number of furan rings is 1. The molecule has 2 aromatic rings. The molecule has 0 spiro atoms. The predicted molar refractivity (Wildman–Crippen MR) is 67.6 cm³/mol. The van der Waals surface area contributed by atoms with Crippen molar-refractivity contribution < 1.29 is 13.9 Å². The Morgan fingerprint density at radius 3 is 2.81 bits per heavy atom. The van der Waals surface area contributed by atoms with Gasteiger partial charge in [-0.05, 0) is 41.1 Å². The van der Waals surface area contributed by atoms with Gasteiger partial charge in [-0.2, -0.15) is 0 Å². The van der Waals surface area contributed by atoms with Crippen molar-refractivity contribution in [1.82, 2.24) is 0 Å². The molecule has 0 saturated carbocycles. The third-order valence-corrected chi connectivity index (χ3v) is 3.06. The van der Waals surface area contributed by atoms with Gasteiger partial charge < -0.3 is 9.15 Å². The zero-order chi connectivity index (χ0) is 11.7. The number of fused-ring (bicyclic) bond motifs is 1. The fraction of sp³-hybridized carbons (Fsp3) is 0.182. The van der Waals surface area contributed by atoms with E-state index in [-0.39, 0.29) is 5.76 Å².